The van der Waals surface area contributed by atoms with Gasteiger partial charge in [0.1, 0.15) is 17.5 Å². The maximum Gasteiger partial charge on any atom is 0.251 e. The number of anilines is 4. The number of benzene rings is 1. The molecule has 1 aromatic carbocycles. The molecule has 3 aliphatic rings. The summed E-state index contributed by atoms with van der Waals surface area (Å²) >= 11 is 0. The SMILES string of the molecule is CC[C@@H]1C(=O)N(C)c2cnc(Nc3ccc(C(=O)NC4CCC(N5CCN(CCCCCC(=O)NCCCCC(C)C)CC5)CC4)cc3OC)nc2N1C(C)C. The van der Waals surface area contributed by atoms with Crippen molar-refractivity contribution in [2.75, 3.05) is 68.5 Å². The van der Waals surface area contributed by atoms with Gasteiger partial charge in [0, 0.05) is 69.9 Å². The first-order valence-corrected chi connectivity index (χ1v) is 21.4. The van der Waals surface area contributed by atoms with E-state index in [2.05, 4.69) is 63.3 Å². The molecule has 310 valence electrons. The third-order valence-corrected chi connectivity index (χ3v) is 11.8. The Morgan fingerprint density at radius 2 is 1.71 bits per heavy atom. The highest BCUT2D eigenvalue weighted by molar-refractivity contribution is 6.04. The predicted octanol–water partition coefficient (Wildman–Crippen LogP) is 6.36. The maximum atomic E-state index is 13.4. The zero-order chi connectivity index (χ0) is 40.2. The molecule has 1 saturated carbocycles. The highest BCUT2D eigenvalue weighted by Crippen LogP contribution is 2.37. The number of ether oxygens (including phenoxy) is 1. The molecule has 5 rings (SSSR count). The Hall–Kier alpha value is -3.97. The number of fused-ring (bicyclic) bond motifs is 1. The maximum absolute atomic E-state index is 13.4. The van der Waals surface area contributed by atoms with Crippen LogP contribution in [0, 0.1) is 5.92 Å². The van der Waals surface area contributed by atoms with Crippen molar-refractivity contribution in [2.24, 2.45) is 5.92 Å². The topological polar surface area (TPSA) is 135 Å². The van der Waals surface area contributed by atoms with Gasteiger partial charge in [0.15, 0.2) is 5.82 Å². The van der Waals surface area contributed by atoms with E-state index in [1.54, 1.807) is 37.4 Å². The molecule has 3 amide bonds. The minimum atomic E-state index is -0.290. The standard InChI is InChI=1S/C43H69N9O4/c1-8-36-42(55)49(6)37-29-45-43(48-40(37)52(36)31(4)5)47-35-21-16-32(28-38(35)56-7)41(54)46-33-17-19-34(20-18-33)51-26-24-50(25-27-51)23-13-9-10-15-39(53)44-22-12-11-14-30(2)3/h16,21,28-31,33-34,36H,8-15,17-20,22-27H2,1-7H3,(H,44,53)(H,46,54)(H,45,47,48)/t33?,34?,36-/m1/s1. The lowest BCUT2D eigenvalue weighted by Gasteiger charge is -2.42. The van der Waals surface area contributed by atoms with Crippen molar-refractivity contribution in [2.45, 2.75) is 136 Å². The van der Waals surface area contributed by atoms with E-state index in [9.17, 15) is 14.4 Å². The van der Waals surface area contributed by atoms with Gasteiger partial charge < -0.3 is 35.4 Å². The molecule has 1 aliphatic carbocycles. The molecule has 2 aromatic rings. The molecular formula is C43H69N9O4. The van der Waals surface area contributed by atoms with Crippen LogP contribution in [-0.4, -0.2) is 115 Å². The molecule has 0 radical (unpaired) electrons. The molecule has 1 saturated heterocycles. The van der Waals surface area contributed by atoms with Gasteiger partial charge in [-0.2, -0.15) is 4.98 Å². The van der Waals surface area contributed by atoms with Crippen molar-refractivity contribution in [3.8, 4) is 5.75 Å². The fourth-order valence-electron chi connectivity index (χ4n) is 8.49. The average Bonchev–Trinajstić information content (AvgIpc) is 3.19. The van der Waals surface area contributed by atoms with Gasteiger partial charge in [0.2, 0.25) is 17.8 Å². The number of carbonyl (C=O) groups is 3. The summed E-state index contributed by atoms with van der Waals surface area (Å²) in [5, 5.41) is 9.64. The number of likely N-dealkylation sites (N-methyl/N-ethyl adjacent to an activating group) is 1. The lowest BCUT2D eigenvalue weighted by molar-refractivity contribution is -0.121. The van der Waals surface area contributed by atoms with Crippen LogP contribution in [0.25, 0.3) is 0 Å². The molecule has 1 atom stereocenters. The number of nitrogens with zero attached hydrogens (tertiary/aromatic N) is 6. The zero-order valence-corrected chi connectivity index (χ0v) is 35.2. The number of carbonyl (C=O) groups excluding carboxylic acids is 3. The lowest BCUT2D eigenvalue weighted by Crippen LogP contribution is -2.54. The van der Waals surface area contributed by atoms with Gasteiger partial charge in [-0.1, -0.05) is 40.0 Å². The number of hydrogen-bond donors (Lipinski definition) is 3. The molecule has 0 bridgehead atoms. The minimum Gasteiger partial charge on any atom is -0.495 e. The van der Waals surface area contributed by atoms with E-state index in [-0.39, 0.29) is 35.8 Å². The van der Waals surface area contributed by atoms with Gasteiger partial charge >= 0.3 is 0 Å². The van der Waals surface area contributed by atoms with Crippen molar-refractivity contribution < 1.29 is 19.1 Å². The summed E-state index contributed by atoms with van der Waals surface area (Å²) in [5.74, 6) is 2.50. The van der Waals surface area contributed by atoms with Gasteiger partial charge in [-0.3, -0.25) is 19.3 Å². The molecule has 1 aromatic heterocycles. The highest BCUT2D eigenvalue weighted by Gasteiger charge is 2.38. The van der Waals surface area contributed by atoms with Crippen molar-refractivity contribution in [1.29, 1.82) is 0 Å². The Balaban J connectivity index is 1.02. The normalized spacial score (nSPS) is 20.7. The first-order valence-electron chi connectivity index (χ1n) is 21.4. The Labute approximate surface area is 335 Å². The van der Waals surface area contributed by atoms with Crippen molar-refractivity contribution in [3.05, 3.63) is 30.0 Å². The quantitative estimate of drug-likeness (QED) is 0.139. The third-order valence-electron chi connectivity index (χ3n) is 11.8. The fraction of sp³-hybridized carbons (Fsp3) is 0.698. The van der Waals surface area contributed by atoms with Gasteiger partial charge in [0.25, 0.3) is 5.91 Å². The number of hydrogen-bond acceptors (Lipinski definition) is 10. The van der Waals surface area contributed by atoms with Crippen LogP contribution in [0.3, 0.4) is 0 Å². The predicted molar refractivity (Wildman–Crippen MR) is 225 cm³/mol. The molecule has 2 aliphatic heterocycles. The number of nitrogens with one attached hydrogen (secondary N) is 3. The second-order valence-electron chi connectivity index (χ2n) is 16.7. The minimum absolute atomic E-state index is 0.0379. The fourth-order valence-corrected chi connectivity index (χ4v) is 8.49. The van der Waals surface area contributed by atoms with Crippen molar-refractivity contribution in [1.82, 2.24) is 30.4 Å². The largest absolute Gasteiger partial charge is 0.495 e. The van der Waals surface area contributed by atoms with Crippen LogP contribution in [0.4, 0.5) is 23.1 Å². The Bertz CT molecular complexity index is 1590. The zero-order valence-electron chi connectivity index (χ0n) is 35.2. The Kier molecular flexibility index (Phi) is 16.2. The second-order valence-corrected chi connectivity index (χ2v) is 16.7. The summed E-state index contributed by atoms with van der Waals surface area (Å²) in [4.78, 5) is 56.9. The van der Waals surface area contributed by atoms with Crippen LogP contribution in [-0.2, 0) is 9.59 Å². The van der Waals surface area contributed by atoms with Crippen LogP contribution in [0.2, 0.25) is 0 Å². The Morgan fingerprint density at radius 1 is 0.964 bits per heavy atom. The molecule has 3 heterocycles. The molecule has 56 heavy (non-hydrogen) atoms. The summed E-state index contributed by atoms with van der Waals surface area (Å²) < 4.78 is 5.70. The first kappa shape index (κ1) is 43.2. The number of rotatable bonds is 19. The van der Waals surface area contributed by atoms with Crippen LogP contribution in [0.1, 0.15) is 122 Å². The second kappa shape index (κ2) is 21.0. The van der Waals surface area contributed by atoms with E-state index < -0.39 is 0 Å². The van der Waals surface area contributed by atoms with E-state index in [1.165, 1.54) is 12.8 Å². The molecule has 13 heteroatoms. The van der Waals surface area contributed by atoms with E-state index in [1.807, 2.05) is 13.0 Å². The van der Waals surface area contributed by atoms with Crippen LogP contribution in [0.15, 0.2) is 24.4 Å². The highest BCUT2D eigenvalue weighted by atomic mass is 16.5. The van der Waals surface area contributed by atoms with Crippen LogP contribution < -0.4 is 30.5 Å². The summed E-state index contributed by atoms with van der Waals surface area (Å²) in [6.07, 6.45) is 13.9. The van der Waals surface area contributed by atoms with E-state index in [0.717, 1.165) is 96.6 Å². The summed E-state index contributed by atoms with van der Waals surface area (Å²) in [7, 11) is 3.36. The first-order chi connectivity index (χ1) is 27.0. The monoisotopic (exact) mass is 776 g/mol. The van der Waals surface area contributed by atoms with E-state index >= 15 is 0 Å². The Morgan fingerprint density at radius 3 is 2.39 bits per heavy atom. The number of unbranched alkanes of at least 4 members (excludes halogenated alkanes) is 3. The molecule has 2 fully saturated rings. The van der Waals surface area contributed by atoms with Crippen LogP contribution in [0.5, 0.6) is 5.75 Å². The number of amides is 3. The molecular weight excluding hydrogens is 707 g/mol. The summed E-state index contributed by atoms with van der Waals surface area (Å²) in [5.41, 5.74) is 1.87. The van der Waals surface area contributed by atoms with E-state index in [0.29, 0.717) is 53.3 Å². The summed E-state index contributed by atoms with van der Waals surface area (Å²) in [6.45, 7) is 17.0. The smallest absolute Gasteiger partial charge is 0.251 e. The van der Waals surface area contributed by atoms with Crippen molar-refractivity contribution >= 4 is 40.9 Å². The summed E-state index contributed by atoms with van der Waals surface area (Å²) in [6, 6.07) is 5.90. The van der Waals surface area contributed by atoms with Gasteiger partial charge in [-0.15, -0.1) is 0 Å². The van der Waals surface area contributed by atoms with Gasteiger partial charge in [-0.25, -0.2) is 4.98 Å². The molecule has 0 spiro atoms. The number of aromatic nitrogens is 2. The molecule has 3 N–H and O–H groups in total. The molecule has 0 unspecified atom stereocenters. The molecule has 13 nitrogen and oxygen atoms in total. The van der Waals surface area contributed by atoms with Crippen LogP contribution >= 0.6 is 0 Å². The average molecular weight is 776 g/mol. The third kappa shape index (κ3) is 11.6. The van der Waals surface area contributed by atoms with Gasteiger partial charge in [0.05, 0.1) is 19.0 Å². The number of piperazine rings is 1. The van der Waals surface area contributed by atoms with Gasteiger partial charge in [-0.05, 0) is 95.9 Å². The lowest BCUT2D eigenvalue weighted by atomic mass is 9.89. The van der Waals surface area contributed by atoms with Crippen molar-refractivity contribution in [3.63, 3.8) is 0 Å². The van der Waals surface area contributed by atoms with E-state index in [4.69, 9.17) is 9.72 Å². The number of methoxy groups -OCH3 is 1.